The van der Waals surface area contributed by atoms with Crippen LogP contribution >= 0.6 is 15.9 Å². The number of hydrogen-bond donors (Lipinski definition) is 0. The van der Waals surface area contributed by atoms with E-state index in [1.807, 2.05) is 0 Å². The van der Waals surface area contributed by atoms with Crippen LogP contribution in [0, 0.1) is 16.0 Å². The van der Waals surface area contributed by atoms with Gasteiger partial charge in [0.25, 0.3) is 0 Å². The molecule has 0 spiro atoms. The van der Waals surface area contributed by atoms with Gasteiger partial charge in [-0.05, 0) is 53.2 Å². The maximum absolute atomic E-state index is 12.7. The molecule has 0 aliphatic carbocycles. The molecule has 0 radical (unpaired) electrons. The summed E-state index contributed by atoms with van der Waals surface area (Å²) in [6, 6.07) is 4.89. The third-order valence-electron chi connectivity index (χ3n) is 4.75. The van der Waals surface area contributed by atoms with Crippen LogP contribution in [0.25, 0.3) is 0 Å². The summed E-state index contributed by atoms with van der Waals surface area (Å²) in [5, 5.41) is 11.6. The molecule has 10 nitrogen and oxygen atoms in total. The Labute approximate surface area is 187 Å². The van der Waals surface area contributed by atoms with Crippen molar-refractivity contribution in [2.24, 2.45) is 5.92 Å². The first kappa shape index (κ1) is 22.9. The normalized spacial score (nSPS) is 14.1. The van der Waals surface area contributed by atoms with Crippen LogP contribution in [-0.4, -0.2) is 47.4 Å². The Morgan fingerprint density at radius 3 is 2.74 bits per heavy atom. The van der Waals surface area contributed by atoms with E-state index in [0.717, 1.165) is 19.0 Å². The summed E-state index contributed by atoms with van der Waals surface area (Å²) in [6.45, 7) is 3.61. The van der Waals surface area contributed by atoms with Gasteiger partial charge in [-0.15, -0.1) is 0 Å². The molecular formula is C20H23BrN4O6. The minimum atomic E-state index is -0.713. The average molecular weight is 495 g/mol. The minimum Gasteiger partial charge on any atom is -0.477 e. The summed E-state index contributed by atoms with van der Waals surface area (Å²) >= 11 is 3.26. The standard InChI is InChI=1S/C20H23BrN4O6/c1-2-30-20(26)24(12-15-3-4-18(21)22-10-15)16-9-19(23-11-17(16)25(27)28)31-13-14-5-7-29-8-6-14/h3-4,9-11,14H,2,5-8,12-13H2,1H3. The van der Waals surface area contributed by atoms with Gasteiger partial charge in [0.1, 0.15) is 16.5 Å². The van der Waals surface area contributed by atoms with Crippen LogP contribution < -0.4 is 9.64 Å². The lowest BCUT2D eigenvalue weighted by atomic mass is 10.0. The van der Waals surface area contributed by atoms with E-state index in [4.69, 9.17) is 14.2 Å². The molecule has 0 N–H and O–H groups in total. The molecule has 166 valence electrons. The van der Waals surface area contributed by atoms with Crippen molar-refractivity contribution in [1.29, 1.82) is 0 Å². The van der Waals surface area contributed by atoms with Crippen LogP contribution in [0.3, 0.4) is 0 Å². The molecule has 0 unspecified atom stereocenters. The highest BCUT2D eigenvalue weighted by Gasteiger charge is 2.28. The summed E-state index contributed by atoms with van der Waals surface area (Å²) in [7, 11) is 0. The Kier molecular flexibility index (Phi) is 8.13. The number of carbonyl (C=O) groups is 1. The molecule has 3 rings (SSSR count). The first-order valence-corrected chi connectivity index (χ1v) is 10.7. The Bertz CT molecular complexity index is 905. The summed E-state index contributed by atoms with van der Waals surface area (Å²) in [5.41, 5.74) is 0.395. The van der Waals surface area contributed by atoms with Gasteiger partial charge < -0.3 is 14.2 Å². The maximum Gasteiger partial charge on any atom is 0.414 e. The summed E-state index contributed by atoms with van der Waals surface area (Å²) < 4.78 is 16.9. The SMILES string of the molecule is CCOC(=O)N(Cc1ccc(Br)nc1)c1cc(OCC2CCOCC2)ncc1[N+](=O)[O-]. The van der Waals surface area contributed by atoms with Gasteiger partial charge in [-0.2, -0.15) is 0 Å². The van der Waals surface area contributed by atoms with Crippen molar-refractivity contribution in [3.8, 4) is 5.88 Å². The van der Waals surface area contributed by atoms with Crippen LogP contribution in [0.4, 0.5) is 16.2 Å². The maximum atomic E-state index is 12.7. The van der Waals surface area contributed by atoms with E-state index >= 15 is 0 Å². The van der Waals surface area contributed by atoms with Gasteiger partial charge in [-0.25, -0.2) is 14.8 Å². The molecule has 1 aliphatic heterocycles. The number of hydrogen-bond acceptors (Lipinski definition) is 8. The molecule has 31 heavy (non-hydrogen) atoms. The van der Waals surface area contributed by atoms with Crippen LogP contribution in [0.1, 0.15) is 25.3 Å². The highest BCUT2D eigenvalue weighted by atomic mass is 79.9. The van der Waals surface area contributed by atoms with Crippen molar-refractivity contribution in [2.75, 3.05) is 31.3 Å². The Morgan fingerprint density at radius 2 is 2.10 bits per heavy atom. The van der Waals surface area contributed by atoms with Gasteiger partial charge in [0.05, 0.1) is 24.7 Å². The van der Waals surface area contributed by atoms with Gasteiger partial charge in [0, 0.05) is 25.5 Å². The summed E-state index contributed by atoms with van der Waals surface area (Å²) in [6.07, 6.45) is 3.72. The fourth-order valence-corrected chi connectivity index (χ4v) is 3.34. The molecule has 2 aromatic rings. The van der Waals surface area contributed by atoms with Crippen molar-refractivity contribution in [3.63, 3.8) is 0 Å². The van der Waals surface area contributed by atoms with E-state index in [1.54, 1.807) is 25.3 Å². The van der Waals surface area contributed by atoms with Gasteiger partial charge in [0.2, 0.25) is 5.88 Å². The monoisotopic (exact) mass is 494 g/mol. The van der Waals surface area contributed by atoms with Gasteiger partial charge in [0.15, 0.2) is 0 Å². The summed E-state index contributed by atoms with van der Waals surface area (Å²) in [5.74, 6) is 0.527. The Morgan fingerprint density at radius 1 is 1.32 bits per heavy atom. The smallest absolute Gasteiger partial charge is 0.414 e. The number of amides is 1. The second-order valence-corrected chi connectivity index (χ2v) is 7.72. The minimum absolute atomic E-state index is 0.0311. The molecule has 0 saturated carbocycles. The Balaban J connectivity index is 1.89. The van der Waals surface area contributed by atoms with Crippen molar-refractivity contribution in [1.82, 2.24) is 9.97 Å². The topological polar surface area (TPSA) is 117 Å². The fraction of sp³-hybridized carbons (Fsp3) is 0.450. The zero-order chi connectivity index (χ0) is 22.2. The highest BCUT2D eigenvalue weighted by molar-refractivity contribution is 9.10. The number of nitro groups is 1. The predicted octanol–water partition coefficient (Wildman–Crippen LogP) is 4.12. The van der Waals surface area contributed by atoms with Crippen molar-refractivity contribution < 1.29 is 23.9 Å². The molecular weight excluding hydrogens is 472 g/mol. The van der Waals surface area contributed by atoms with E-state index in [2.05, 4.69) is 25.9 Å². The molecule has 0 atom stereocenters. The van der Waals surface area contributed by atoms with Gasteiger partial charge in [-0.1, -0.05) is 6.07 Å². The largest absolute Gasteiger partial charge is 0.477 e. The van der Waals surface area contributed by atoms with Crippen molar-refractivity contribution in [3.05, 3.63) is 50.9 Å². The van der Waals surface area contributed by atoms with E-state index in [-0.39, 0.29) is 30.4 Å². The number of nitrogens with zero attached hydrogens (tertiary/aromatic N) is 4. The molecule has 3 heterocycles. The molecule has 1 fully saturated rings. The number of carbonyl (C=O) groups excluding carboxylic acids is 1. The molecule has 1 saturated heterocycles. The van der Waals surface area contributed by atoms with Crippen molar-refractivity contribution in [2.45, 2.75) is 26.3 Å². The zero-order valence-electron chi connectivity index (χ0n) is 17.0. The fourth-order valence-electron chi connectivity index (χ4n) is 3.10. The zero-order valence-corrected chi connectivity index (χ0v) is 18.6. The quantitative estimate of drug-likeness (QED) is 0.305. The summed E-state index contributed by atoms with van der Waals surface area (Å²) in [4.78, 5) is 33.1. The average Bonchev–Trinajstić information content (AvgIpc) is 2.78. The van der Waals surface area contributed by atoms with Crippen LogP contribution in [0.2, 0.25) is 0 Å². The molecule has 1 aliphatic rings. The van der Waals surface area contributed by atoms with Gasteiger partial charge >= 0.3 is 11.8 Å². The van der Waals surface area contributed by atoms with Crippen LogP contribution in [0.5, 0.6) is 5.88 Å². The predicted molar refractivity (Wildman–Crippen MR) is 115 cm³/mol. The lowest BCUT2D eigenvalue weighted by Gasteiger charge is -2.23. The second-order valence-electron chi connectivity index (χ2n) is 6.91. The number of ether oxygens (including phenoxy) is 3. The number of rotatable bonds is 8. The highest BCUT2D eigenvalue weighted by Crippen LogP contribution is 2.32. The first-order valence-electron chi connectivity index (χ1n) is 9.87. The molecule has 0 bridgehead atoms. The van der Waals surface area contributed by atoms with E-state index < -0.39 is 11.0 Å². The molecule has 1 amide bonds. The van der Waals surface area contributed by atoms with Crippen molar-refractivity contribution >= 4 is 33.4 Å². The number of anilines is 1. The van der Waals surface area contributed by atoms with E-state index in [1.165, 1.54) is 11.0 Å². The molecule has 11 heteroatoms. The lowest BCUT2D eigenvalue weighted by molar-refractivity contribution is -0.384. The lowest BCUT2D eigenvalue weighted by Crippen LogP contribution is -2.32. The van der Waals surface area contributed by atoms with E-state index in [0.29, 0.717) is 35.9 Å². The Hall–Kier alpha value is -2.79. The van der Waals surface area contributed by atoms with Crippen LogP contribution in [-0.2, 0) is 16.0 Å². The first-order chi connectivity index (χ1) is 15.0. The van der Waals surface area contributed by atoms with E-state index in [9.17, 15) is 14.9 Å². The van der Waals surface area contributed by atoms with Crippen LogP contribution in [0.15, 0.2) is 35.2 Å². The number of aromatic nitrogens is 2. The van der Waals surface area contributed by atoms with Gasteiger partial charge in [-0.3, -0.25) is 15.0 Å². The third-order valence-corrected chi connectivity index (χ3v) is 5.22. The number of halogens is 1. The third kappa shape index (κ3) is 6.34. The second kappa shape index (κ2) is 11.0. The molecule has 0 aromatic carbocycles. The number of pyridine rings is 2. The molecule has 2 aromatic heterocycles.